The van der Waals surface area contributed by atoms with Crippen molar-refractivity contribution in [3.8, 4) is 17.2 Å². The fourth-order valence-electron chi connectivity index (χ4n) is 2.36. The van der Waals surface area contributed by atoms with E-state index in [9.17, 15) is 0 Å². The average molecular weight is 271 g/mol. The smallest absolute Gasteiger partial charge is 0.135 e. The Morgan fingerprint density at radius 3 is 2.15 bits per heavy atom. The van der Waals surface area contributed by atoms with Crippen LogP contribution in [-0.2, 0) is 0 Å². The van der Waals surface area contributed by atoms with Crippen LogP contribution in [0.2, 0.25) is 0 Å². The number of nitrogens with two attached hydrogens (primary N) is 1. The molecule has 0 amide bonds. The minimum absolute atomic E-state index is 0.160. The first-order valence-electron chi connectivity index (χ1n) is 6.70. The molecule has 0 fully saturated rings. The van der Waals surface area contributed by atoms with Gasteiger partial charge in [0.2, 0.25) is 0 Å². The van der Waals surface area contributed by atoms with Crippen molar-refractivity contribution in [2.24, 2.45) is 5.73 Å². The summed E-state index contributed by atoms with van der Waals surface area (Å²) in [4.78, 5) is 0. The SMILES string of the molecule is COc1cccc(Oc2cc(C)cc(C)c2)c1[C@H](C)N. The molecular formula is C17H21NO2. The Morgan fingerprint density at radius 1 is 1.00 bits per heavy atom. The molecule has 0 saturated carbocycles. The maximum absolute atomic E-state index is 6.04. The predicted octanol–water partition coefficient (Wildman–Crippen LogP) is 4.12. The molecule has 3 heteroatoms. The summed E-state index contributed by atoms with van der Waals surface area (Å²) in [6.07, 6.45) is 0. The van der Waals surface area contributed by atoms with Gasteiger partial charge in [-0.3, -0.25) is 0 Å². The molecule has 2 aromatic carbocycles. The van der Waals surface area contributed by atoms with E-state index < -0.39 is 0 Å². The highest BCUT2D eigenvalue weighted by Gasteiger charge is 2.15. The van der Waals surface area contributed by atoms with E-state index in [0.717, 1.165) is 22.8 Å². The van der Waals surface area contributed by atoms with Gasteiger partial charge in [-0.05, 0) is 56.2 Å². The zero-order chi connectivity index (χ0) is 14.7. The predicted molar refractivity (Wildman–Crippen MR) is 81.6 cm³/mol. The van der Waals surface area contributed by atoms with E-state index in [2.05, 4.69) is 19.9 Å². The van der Waals surface area contributed by atoms with Gasteiger partial charge in [-0.1, -0.05) is 12.1 Å². The lowest BCUT2D eigenvalue weighted by molar-refractivity contribution is 0.397. The molecule has 0 spiro atoms. The van der Waals surface area contributed by atoms with Crippen LogP contribution in [0.15, 0.2) is 36.4 Å². The van der Waals surface area contributed by atoms with Crippen molar-refractivity contribution in [2.45, 2.75) is 26.8 Å². The fourth-order valence-corrected chi connectivity index (χ4v) is 2.36. The first-order valence-corrected chi connectivity index (χ1v) is 6.70. The molecule has 20 heavy (non-hydrogen) atoms. The maximum atomic E-state index is 6.04. The maximum Gasteiger partial charge on any atom is 0.135 e. The minimum atomic E-state index is -0.160. The van der Waals surface area contributed by atoms with Crippen molar-refractivity contribution in [1.82, 2.24) is 0 Å². The molecule has 0 heterocycles. The first-order chi connectivity index (χ1) is 9.51. The lowest BCUT2D eigenvalue weighted by Crippen LogP contribution is -2.08. The summed E-state index contributed by atoms with van der Waals surface area (Å²) in [5, 5.41) is 0. The van der Waals surface area contributed by atoms with Crippen LogP contribution >= 0.6 is 0 Å². The van der Waals surface area contributed by atoms with Gasteiger partial charge in [-0.25, -0.2) is 0 Å². The number of hydrogen-bond acceptors (Lipinski definition) is 3. The zero-order valence-electron chi connectivity index (χ0n) is 12.4. The van der Waals surface area contributed by atoms with E-state index in [1.807, 2.05) is 37.3 Å². The van der Waals surface area contributed by atoms with Crippen molar-refractivity contribution in [3.05, 3.63) is 53.1 Å². The molecule has 0 aliphatic heterocycles. The molecule has 0 aromatic heterocycles. The summed E-state index contributed by atoms with van der Waals surface area (Å²) in [6, 6.07) is 11.7. The third kappa shape index (κ3) is 3.11. The topological polar surface area (TPSA) is 44.5 Å². The third-order valence-corrected chi connectivity index (χ3v) is 3.12. The van der Waals surface area contributed by atoms with E-state index in [1.54, 1.807) is 7.11 Å². The summed E-state index contributed by atoms with van der Waals surface area (Å²) >= 11 is 0. The molecule has 0 aliphatic carbocycles. The molecule has 106 valence electrons. The Balaban J connectivity index is 2.42. The number of rotatable bonds is 4. The molecular weight excluding hydrogens is 250 g/mol. The van der Waals surface area contributed by atoms with Gasteiger partial charge in [-0.15, -0.1) is 0 Å². The van der Waals surface area contributed by atoms with Gasteiger partial charge in [0.1, 0.15) is 17.2 Å². The number of ether oxygens (including phenoxy) is 2. The monoisotopic (exact) mass is 271 g/mol. The second kappa shape index (κ2) is 5.97. The quantitative estimate of drug-likeness (QED) is 0.909. The molecule has 0 bridgehead atoms. The largest absolute Gasteiger partial charge is 0.496 e. The van der Waals surface area contributed by atoms with E-state index in [0.29, 0.717) is 0 Å². The van der Waals surface area contributed by atoms with Gasteiger partial charge in [0.05, 0.1) is 12.7 Å². The molecule has 2 aromatic rings. The number of aryl methyl sites for hydroxylation is 2. The Bertz CT molecular complexity index is 586. The van der Waals surface area contributed by atoms with Crippen LogP contribution in [0.1, 0.15) is 29.7 Å². The van der Waals surface area contributed by atoms with Crippen molar-refractivity contribution in [2.75, 3.05) is 7.11 Å². The molecule has 3 nitrogen and oxygen atoms in total. The standard InChI is InChI=1S/C17H21NO2/c1-11-8-12(2)10-14(9-11)20-16-7-5-6-15(19-4)17(16)13(3)18/h5-10,13H,18H2,1-4H3/t13-/m0/s1. The summed E-state index contributed by atoms with van der Waals surface area (Å²) in [7, 11) is 1.64. The molecule has 0 aliphatic rings. The van der Waals surface area contributed by atoms with E-state index >= 15 is 0 Å². The van der Waals surface area contributed by atoms with Crippen LogP contribution in [0.4, 0.5) is 0 Å². The Morgan fingerprint density at radius 2 is 1.60 bits per heavy atom. The lowest BCUT2D eigenvalue weighted by Gasteiger charge is -2.17. The van der Waals surface area contributed by atoms with Crippen LogP contribution in [0.3, 0.4) is 0 Å². The number of benzene rings is 2. The highest BCUT2D eigenvalue weighted by Crippen LogP contribution is 2.35. The average Bonchev–Trinajstić information content (AvgIpc) is 2.36. The van der Waals surface area contributed by atoms with Gasteiger partial charge in [0.15, 0.2) is 0 Å². The zero-order valence-corrected chi connectivity index (χ0v) is 12.4. The van der Waals surface area contributed by atoms with E-state index in [4.69, 9.17) is 15.2 Å². The lowest BCUT2D eigenvalue weighted by atomic mass is 10.1. The highest BCUT2D eigenvalue weighted by molar-refractivity contribution is 5.49. The third-order valence-electron chi connectivity index (χ3n) is 3.12. The van der Waals surface area contributed by atoms with Gasteiger partial charge < -0.3 is 15.2 Å². The summed E-state index contributed by atoms with van der Waals surface area (Å²) in [5.74, 6) is 2.31. The van der Waals surface area contributed by atoms with E-state index in [1.165, 1.54) is 11.1 Å². The molecule has 0 radical (unpaired) electrons. The van der Waals surface area contributed by atoms with Crippen LogP contribution in [0.25, 0.3) is 0 Å². The van der Waals surface area contributed by atoms with Gasteiger partial charge in [0.25, 0.3) is 0 Å². The van der Waals surface area contributed by atoms with Gasteiger partial charge in [-0.2, -0.15) is 0 Å². The molecule has 2 rings (SSSR count). The van der Waals surface area contributed by atoms with Gasteiger partial charge >= 0.3 is 0 Å². The first kappa shape index (κ1) is 14.4. The van der Waals surface area contributed by atoms with Crippen molar-refractivity contribution < 1.29 is 9.47 Å². The van der Waals surface area contributed by atoms with E-state index in [-0.39, 0.29) is 6.04 Å². The Labute approximate surface area is 120 Å². The molecule has 0 saturated heterocycles. The number of hydrogen-bond donors (Lipinski definition) is 1. The van der Waals surface area contributed by atoms with Crippen molar-refractivity contribution in [1.29, 1.82) is 0 Å². The normalized spacial score (nSPS) is 12.1. The minimum Gasteiger partial charge on any atom is -0.496 e. The second-order valence-corrected chi connectivity index (χ2v) is 5.09. The van der Waals surface area contributed by atoms with Crippen LogP contribution in [-0.4, -0.2) is 7.11 Å². The molecule has 0 unspecified atom stereocenters. The van der Waals surface area contributed by atoms with Crippen LogP contribution in [0.5, 0.6) is 17.2 Å². The van der Waals surface area contributed by atoms with Crippen LogP contribution < -0.4 is 15.2 Å². The van der Waals surface area contributed by atoms with Crippen LogP contribution in [0, 0.1) is 13.8 Å². The van der Waals surface area contributed by atoms with Crippen molar-refractivity contribution in [3.63, 3.8) is 0 Å². The summed E-state index contributed by atoms with van der Waals surface area (Å²) in [5.41, 5.74) is 9.27. The molecule has 1 atom stereocenters. The van der Waals surface area contributed by atoms with Crippen molar-refractivity contribution >= 4 is 0 Å². The Hall–Kier alpha value is -2.00. The fraction of sp³-hybridized carbons (Fsp3) is 0.294. The second-order valence-electron chi connectivity index (χ2n) is 5.09. The molecule has 2 N–H and O–H groups in total. The summed E-state index contributed by atoms with van der Waals surface area (Å²) in [6.45, 7) is 6.03. The van der Waals surface area contributed by atoms with Gasteiger partial charge in [0, 0.05) is 6.04 Å². The summed E-state index contributed by atoms with van der Waals surface area (Å²) < 4.78 is 11.4. The Kier molecular flexibility index (Phi) is 4.30. The number of methoxy groups -OCH3 is 1. The highest BCUT2D eigenvalue weighted by atomic mass is 16.5.